The van der Waals surface area contributed by atoms with E-state index in [0.29, 0.717) is 18.2 Å². The Bertz CT molecular complexity index is 251. The van der Waals surface area contributed by atoms with E-state index in [4.69, 9.17) is 4.74 Å². The van der Waals surface area contributed by atoms with E-state index in [1.807, 2.05) is 7.11 Å². The van der Waals surface area contributed by atoms with Crippen molar-refractivity contribution in [3.63, 3.8) is 0 Å². The standard InChI is InChI=1S/C16H32N2O/c1-13(2)18(12-14-7-4-5-10-17-14)15-8-6-9-16(11-15)19-3/h13-17H,4-12H2,1-3H3. The number of ether oxygens (including phenoxy) is 1. The molecular formula is C16H32N2O. The van der Waals surface area contributed by atoms with Gasteiger partial charge in [-0.3, -0.25) is 4.90 Å². The van der Waals surface area contributed by atoms with Crippen LogP contribution in [0.2, 0.25) is 0 Å². The molecular weight excluding hydrogens is 236 g/mol. The summed E-state index contributed by atoms with van der Waals surface area (Å²) in [7, 11) is 1.87. The number of rotatable bonds is 5. The molecule has 3 heteroatoms. The summed E-state index contributed by atoms with van der Waals surface area (Å²) in [6.07, 6.45) is 9.74. The Morgan fingerprint density at radius 2 is 2.00 bits per heavy atom. The van der Waals surface area contributed by atoms with Crippen molar-refractivity contribution < 1.29 is 4.74 Å². The van der Waals surface area contributed by atoms with Gasteiger partial charge in [-0.05, 0) is 58.9 Å². The maximum absolute atomic E-state index is 5.60. The van der Waals surface area contributed by atoms with E-state index in [1.54, 1.807) is 0 Å². The molecule has 3 unspecified atom stereocenters. The van der Waals surface area contributed by atoms with Crippen LogP contribution in [0.1, 0.15) is 58.8 Å². The van der Waals surface area contributed by atoms with Crippen molar-refractivity contribution in [1.29, 1.82) is 0 Å². The molecule has 1 saturated heterocycles. The fraction of sp³-hybridized carbons (Fsp3) is 1.00. The van der Waals surface area contributed by atoms with Gasteiger partial charge in [-0.15, -0.1) is 0 Å². The van der Waals surface area contributed by atoms with Gasteiger partial charge in [0.05, 0.1) is 6.10 Å². The summed E-state index contributed by atoms with van der Waals surface area (Å²) in [5.74, 6) is 0. The molecule has 1 aliphatic carbocycles. The molecule has 1 heterocycles. The third kappa shape index (κ3) is 4.44. The van der Waals surface area contributed by atoms with Gasteiger partial charge in [0.2, 0.25) is 0 Å². The summed E-state index contributed by atoms with van der Waals surface area (Å²) in [6.45, 7) is 7.12. The van der Waals surface area contributed by atoms with Crippen LogP contribution in [0.4, 0.5) is 0 Å². The van der Waals surface area contributed by atoms with Crippen molar-refractivity contribution in [2.24, 2.45) is 0 Å². The molecule has 2 fully saturated rings. The number of piperidine rings is 1. The van der Waals surface area contributed by atoms with E-state index in [-0.39, 0.29) is 0 Å². The first kappa shape index (κ1) is 15.3. The van der Waals surface area contributed by atoms with Crippen LogP contribution in [0.5, 0.6) is 0 Å². The molecule has 1 saturated carbocycles. The summed E-state index contributed by atoms with van der Waals surface area (Å²) in [4.78, 5) is 2.73. The highest BCUT2D eigenvalue weighted by Crippen LogP contribution is 2.27. The van der Waals surface area contributed by atoms with Crippen LogP contribution in [0, 0.1) is 0 Å². The maximum atomic E-state index is 5.60. The third-order valence-corrected chi connectivity index (χ3v) is 4.91. The smallest absolute Gasteiger partial charge is 0.0586 e. The lowest BCUT2D eigenvalue weighted by Gasteiger charge is -2.42. The highest BCUT2D eigenvalue weighted by molar-refractivity contribution is 4.86. The average molecular weight is 268 g/mol. The van der Waals surface area contributed by atoms with Gasteiger partial charge in [-0.2, -0.15) is 0 Å². The molecule has 1 N–H and O–H groups in total. The van der Waals surface area contributed by atoms with Gasteiger partial charge in [0.25, 0.3) is 0 Å². The summed E-state index contributed by atoms with van der Waals surface area (Å²) >= 11 is 0. The van der Waals surface area contributed by atoms with Crippen molar-refractivity contribution in [3.8, 4) is 0 Å². The number of hydrogen-bond donors (Lipinski definition) is 1. The Balaban J connectivity index is 1.90. The largest absolute Gasteiger partial charge is 0.381 e. The first-order valence-electron chi connectivity index (χ1n) is 8.22. The van der Waals surface area contributed by atoms with Gasteiger partial charge >= 0.3 is 0 Å². The Hall–Kier alpha value is -0.120. The molecule has 0 radical (unpaired) electrons. The second kappa shape index (κ2) is 7.61. The van der Waals surface area contributed by atoms with Gasteiger partial charge < -0.3 is 10.1 Å². The highest BCUT2D eigenvalue weighted by atomic mass is 16.5. The summed E-state index contributed by atoms with van der Waals surface area (Å²) < 4.78 is 5.60. The second-order valence-electron chi connectivity index (χ2n) is 6.62. The predicted octanol–water partition coefficient (Wildman–Crippen LogP) is 2.80. The topological polar surface area (TPSA) is 24.5 Å². The monoisotopic (exact) mass is 268 g/mol. The lowest BCUT2D eigenvalue weighted by Crippen LogP contribution is -2.51. The summed E-state index contributed by atoms with van der Waals surface area (Å²) in [5.41, 5.74) is 0. The number of nitrogens with one attached hydrogen (secondary N) is 1. The molecule has 1 aliphatic heterocycles. The zero-order valence-electron chi connectivity index (χ0n) is 13.0. The Morgan fingerprint density at radius 1 is 1.16 bits per heavy atom. The van der Waals surface area contributed by atoms with Gasteiger partial charge in [0.1, 0.15) is 0 Å². The maximum Gasteiger partial charge on any atom is 0.0586 e. The van der Waals surface area contributed by atoms with E-state index in [0.717, 1.165) is 6.04 Å². The number of hydrogen-bond acceptors (Lipinski definition) is 3. The van der Waals surface area contributed by atoms with E-state index in [1.165, 1.54) is 58.0 Å². The molecule has 0 aromatic rings. The molecule has 19 heavy (non-hydrogen) atoms. The predicted molar refractivity (Wildman–Crippen MR) is 80.5 cm³/mol. The van der Waals surface area contributed by atoms with E-state index >= 15 is 0 Å². The molecule has 0 aromatic heterocycles. The van der Waals surface area contributed by atoms with Crippen molar-refractivity contribution in [3.05, 3.63) is 0 Å². The molecule has 0 amide bonds. The Kier molecular flexibility index (Phi) is 6.11. The first-order chi connectivity index (χ1) is 9.20. The molecule has 3 nitrogen and oxygen atoms in total. The number of nitrogens with zero attached hydrogens (tertiary/aromatic N) is 1. The number of methoxy groups -OCH3 is 1. The fourth-order valence-electron chi connectivity index (χ4n) is 3.75. The lowest BCUT2D eigenvalue weighted by molar-refractivity contribution is 0.0145. The van der Waals surface area contributed by atoms with Crippen LogP contribution in [-0.2, 0) is 4.74 Å². The molecule has 0 aromatic carbocycles. The third-order valence-electron chi connectivity index (χ3n) is 4.91. The van der Waals surface area contributed by atoms with Crippen molar-refractivity contribution in [1.82, 2.24) is 10.2 Å². The minimum atomic E-state index is 0.485. The van der Waals surface area contributed by atoms with Crippen LogP contribution in [0.15, 0.2) is 0 Å². The van der Waals surface area contributed by atoms with E-state index in [2.05, 4.69) is 24.1 Å². The van der Waals surface area contributed by atoms with Crippen LogP contribution in [-0.4, -0.2) is 49.3 Å². The fourth-order valence-corrected chi connectivity index (χ4v) is 3.75. The normalized spacial score (nSPS) is 33.0. The van der Waals surface area contributed by atoms with E-state index in [9.17, 15) is 0 Å². The Labute approximate surface area is 119 Å². The summed E-state index contributed by atoms with van der Waals surface area (Å²) in [6, 6.07) is 2.07. The van der Waals surface area contributed by atoms with Crippen molar-refractivity contribution >= 4 is 0 Å². The lowest BCUT2D eigenvalue weighted by atomic mass is 9.90. The van der Waals surface area contributed by atoms with Crippen molar-refractivity contribution in [2.45, 2.75) is 83.0 Å². The zero-order chi connectivity index (χ0) is 13.7. The van der Waals surface area contributed by atoms with Gasteiger partial charge in [-0.25, -0.2) is 0 Å². The molecule has 0 bridgehead atoms. The zero-order valence-corrected chi connectivity index (χ0v) is 13.0. The minimum Gasteiger partial charge on any atom is -0.381 e. The van der Waals surface area contributed by atoms with Crippen LogP contribution < -0.4 is 5.32 Å². The molecule has 3 atom stereocenters. The van der Waals surface area contributed by atoms with Crippen LogP contribution in [0.3, 0.4) is 0 Å². The SMILES string of the molecule is COC1CCCC(N(CC2CCCCN2)C(C)C)C1. The van der Waals surface area contributed by atoms with Gasteiger partial charge in [-0.1, -0.05) is 6.42 Å². The van der Waals surface area contributed by atoms with Crippen LogP contribution >= 0.6 is 0 Å². The Morgan fingerprint density at radius 3 is 2.63 bits per heavy atom. The quantitative estimate of drug-likeness (QED) is 0.830. The average Bonchev–Trinajstić information content (AvgIpc) is 2.45. The molecule has 0 spiro atoms. The highest BCUT2D eigenvalue weighted by Gasteiger charge is 2.29. The molecule has 2 aliphatic rings. The van der Waals surface area contributed by atoms with Gasteiger partial charge in [0, 0.05) is 31.8 Å². The molecule has 112 valence electrons. The second-order valence-corrected chi connectivity index (χ2v) is 6.62. The summed E-state index contributed by atoms with van der Waals surface area (Å²) in [5, 5.41) is 3.70. The first-order valence-corrected chi connectivity index (χ1v) is 8.22. The van der Waals surface area contributed by atoms with E-state index < -0.39 is 0 Å². The van der Waals surface area contributed by atoms with Crippen molar-refractivity contribution in [2.75, 3.05) is 20.2 Å². The molecule has 2 rings (SSSR count). The minimum absolute atomic E-state index is 0.485. The van der Waals surface area contributed by atoms with Gasteiger partial charge in [0.15, 0.2) is 0 Å². The van der Waals surface area contributed by atoms with Crippen LogP contribution in [0.25, 0.3) is 0 Å².